The van der Waals surface area contributed by atoms with Gasteiger partial charge in [-0.05, 0) is 24.3 Å². The van der Waals surface area contributed by atoms with Crippen molar-refractivity contribution in [3.05, 3.63) is 45.3 Å². The molecule has 0 saturated heterocycles. The molecule has 2 aromatic rings. The maximum absolute atomic E-state index is 11.9. The summed E-state index contributed by atoms with van der Waals surface area (Å²) in [6.07, 6.45) is 0. The lowest BCUT2D eigenvalue weighted by Gasteiger charge is -2.02. The van der Waals surface area contributed by atoms with Crippen molar-refractivity contribution in [1.29, 1.82) is 0 Å². The molecule has 1 aromatic carbocycles. The molecule has 21 heavy (non-hydrogen) atoms. The third-order valence-corrected chi connectivity index (χ3v) is 3.52. The topological polar surface area (TPSA) is 112 Å². The molecule has 0 aliphatic carbocycles. The highest BCUT2D eigenvalue weighted by atomic mass is 79.9. The SMILES string of the molecule is Br.N/N=C(\N)SCC(=O)c1cc2cc(Cl)ccc2oc1=O. The van der Waals surface area contributed by atoms with Crippen molar-refractivity contribution in [3.8, 4) is 0 Å². The van der Waals surface area contributed by atoms with E-state index in [1.807, 2.05) is 0 Å². The molecule has 0 spiro atoms. The zero-order chi connectivity index (χ0) is 14.7. The van der Waals surface area contributed by atoms with Crippen LogP contribution in [0, 0.1) is 0 Å². The highest BCUT2D eigenvalue weighted by Crippen LogP contribution is 2.19. The van der Waals surface area contributed by atoms with E-state index in [9.17, 15) is 9.59 Å². The van der Waals surface area contributed by atoms with Crippen LogP contribution in [0.3, 0.4) is 0 Å². The minimum Gasteiger partial charge on any atom is -0.422 e. The van der Waals surface area contributed by atoms with Crippen molar-refractivity contribution < 1.29 is 9.21 Å². The van der Waals surface area contributed by atoms with E-state index in [1.54, 1.807) is 18.2 Å². The second-order valence-corrected chi connectivity index (χ2v) is 5.24. The van der Waals surface area contributed by atoms with E-state index in [2.05, 4.69) is 5.10 Å². The summed E-state index contributed by atoms with van der Waals surface area (Å²) in [5.74, 6) is 4.48. The summed E-state index contributed by atoms with van der Waals surface area (Å²) >= 11 is 6.80. The van der Waals surface area contributed by atoms with Crippen molar-refractivity contribution in [1.82, 2.24) is 0 Å². The van der Waals surface area contributed by atoms with Gasteiger partial charge >= 0.3 is 5.63 Å². The Morgan fingerprint density at radius 3 is 2.76 bits per heavy atom. The van der Waals surface area contributed by atoms with Crippen LogP contribution >= 0.6 is 40.3 Å². The van der Waals surface area contributed by atoms with Crippen LogP contribution in [0.4, 0.5) is 0 Å². The minimum absolute atomic E-state index is 0. The predicted molar refractivity (Wildman–Crippen MR) is 90.4 cm³/mol. The summed E-state index contributed by atoms with van der Waals surface area (Å²) < 4.78 is 5.07. The Hall–Kier alpha value is -1.51. The van der Waals surface area contributed by atoms with Crippen molar-refractivity contribution in [2.24, 2.45) is 16.7 Å². The molecule has 0 amide bonds. The van der Waals surface area contributed by atoms with Crippen LogP contribution in [-0.2, 0) is 0 Å². The number of amidine groups is 1. The van der Waals surface area contributed by atoms with E-state index in [0.717, 1.165) is 11.8 Å². The zero-order valence-electron chi connectivity index (χ0n) is 10.5. The third kappa shape index (κ3) is 4.23. The minimum atomic E-state index is -0.700. The van der Waals surface area contributed by atoms with Gasteiger partial charge in [-0.15, -0.1) is 17.0 Å². The maximum atomic E-state index is 11.9. The van der Waals surface area contributed by atoms with Crippen LogP contribution in [0.2, 0.25) is 5.02 Å². The molecule has 2 rings (SSSR count). The van der Waals surface area contributed by atoms with Gasteiger partial charge in [-0.3, -0.25) is 4.79 Å². The number of carbonyl (C=O) groups is 1. The monoisotopic (exact) mass is 391 g/mol. The molecule has 0 bridgehead atoms. The highest BCUT2D eigenvalue weighted by Gasteiger charge is 2.14. The van der Waals surface area contributed by atoms with E-state index in [1.165, 1.54) is 6.07 Å². The lowest BCUT2D eigenvalue weighted by Crippen LogP contribution is -2.18. The summed E-state index contributed by atoms with van der Waals surface area (Å²) in [5.41, 5.74) is 4.97. The molecule has 0 radical (unpaired) electrons. The molecule has 1 heterocycles. The van der Waals surface area contributed by atoms with Crippen LogP contribution < -0.4 is 17.2 Å². The Morgan fingerprint density at radius 1 is 1.38 bits per heavy atom. The normalized spacial score (nSPS) is 11.2. The summed E-state index contributed by atoms with van der Waals surface area (Å²) in [5, 5.41) is 4.35. The van der Waals surface area contributed by atoms with Gasteiger partial charge < -0.3 is 16.0 Å². The molecule has 0 unspecified atom stereocenters. The van der Waals surface area contributed by atoms with Gasteiger partial charge in [0, 0.05) is 10.4 Å². The molecule has 0 saturated carbocycles. The Kier molecular flexibility index (Phi) is 6.25. The third-order valence-electron chi connectivity index (χ3n) is 2.47. The number of carbonyl (C=O) groups excluding carboxylic acids is 1. The number of Topliss-reactive ketones (excluding diaryl/α,β-unsaturated/α-hetero) is 1. The molecule has 0 atom stereocenters. The molecule has 4 N–H and O–H groups in total. The molecule has 0 fully saturated rings. The fourth-order valence-corrected chi connectivity index (χ4v) is 2.23. The maximum Gasteiger partial charge on any atom is 0.347 e. The van der Waals surface area contributed by atoms with Crippen molar-refractivity contribution in [2.75, 3.05) is 5.75 Å². The number of halogens is 2. The number of fused-ring (bicyclic) bond motifs is 1. The van der Waals surface area contributed by atoms with E-state index >= 15 is 0 Å². The van der Waals surface area contributed by atoms with E-state index in [4.69, 9.17) is 27.6 Å². The Balaban J connectivity index is 0.00000220. The number of hydrogen-bond acceptors (Lipinski definition) is 6. The molecule has 0 aliphatic rings. The molecule has 9 heteroatoms. The average Bonchev–Trinajstić information content (AvgIpc) is 2.44. The number of ketones is 1. The number of rotatable bonds is 3. The van der Waals surface area contributed by atoms with E-state index in [-0.39, 0.29) is 33.5 Å². The standard InChI is InChI=1S/C12H10ClN3O3S.BrH/c13-7-1-2-10-6(3-7)4-8(11(18)19-10)9(17)5-20-12(14)16-15;/h1-4H,5,15H2,(H2,14,16);1H. The van der Waals surface area contributed by atoms with Crippen LogP contribution in [-0.4, -0.2) is 16.7 Å². The van der Waals surface area contributed by atoms with Gasteiger partial charge in [0.2, 0.25) is 0 Å². The van der Waals surface area contributed by atoms with Gasteiger partial charge in [0.25, 0.3) is 0 Å². The lowest BCUT2D eigenvalue weighted by molar-refractivity contribution is 0.101. The summed E-state index contributed by atoms with van der Waals surface area (Å²) in [7, 11) is 0. The quantitative estimate of drug-likeness (QED) is 0.207. The second-order valence-electron chi connectivity index (χ2n) is 3.81. The number of hydrazone groups is 1. The fraction of sp³-hybridized carbons (Fsp3) is 0.0833. The van der Waals surface area contributed by atoms with E-state index in [0.29, 0.717) is 16.0 Å². The first-order chi connectivity index (χ1) is 9.51. The Morgan fingerprint density at radius 2 is 2.10 bits per heavy atom. The van der Waals surface area contributed by atoms with Gasteiger partial charge in [0.1, 0.15) is 11.1 Å². The molecule has 6 nitrogen and oxygen atoms in total. The Bertz CT molecular complexity index is 763. The summed E-state index contributed by atoms with van der Waals surface area (Å²) in [4.78, 5) is 23.7. The van der Waals surface area contributed by atoms with Crippen LogP contribution in [0.15, 0.2) is 38.6 Å². The molecular weight excluding hydrogens is 382 g/mol. The van der Waals surface area contributed by atoms with Gasteiger partial charge in [0.05, 0.1) is 5.75 Å². The largest absolute Gasteiger partial charge is 0.422 e. The van der Waals surface area contributed by atoms with Crippen molar-refractivity contribution >= 4 is 62.3 Å². The highest BCUT2D eigenvalue weighted by molar-refractivity contribution is 8.93. The average molecular weight is 393 g/mol. The first kappa shape index (κ1) is 17.5. The smallest absolute Gasteiger partial charge is 0.347 e. The summed E-state index contributed by atoms with van der Waals surface area (Å²) in [6.45, 7) is 0. The summed E-state index contributed by atoms with van der Waals surface area (Å²) in [6, 6.07) is 6.23. The molecule has 1 aromatic heterocycles. The zero-order valence-corrected chi connectivity index (χ0v) is 13.8. The number of benzene rings is 1. The number of nitrogens with two attached hydrogens (primary N) is 2. The van der Waals surface area contributed by atoms with Gasteiger partial charge in [0.15, 0.2) is 11.0 Å². The molecular formula is C12H11BrClN3O3S. The van der Waals surface area contributed by atoms with Crippen molar-refractivity contribution in [2.45, 2.75) is 0 Å². The molecule has 0 aliphatic heterocycles. The first-order valence-corrected chi connectivity index (χ1v) is 6.80. The lowest BCUT2D eigenvalue weighted by atomic mass is 10.1. The van der Waals surface area contributed by atoms with Gasteiger partial charge in [-0.2, -0.15) is 5.10 Å². The first-order valence-electron chi connectivity index (χ1n) is 5.44. The number of nitrogens with zero attached hydrogens (tertiary/aromatic N) is 1. The Labute approximate surface area is 139 Å². The number of hydrogen-bond donors (Lipinski definition) is 2. The van der Waals surface area contributed by atoms with Crippen LogP contribution in [0.1, 0.15) is 10.4 Å². The van der Waals surface area contributed by atoms with Gasteiger partial charge in [-0.25, -0.2) is 4.79 Å². The van der Waals surface area contributed by atoms with Crippen molar-refractivity contribution in [3.63, 3.8) is 0 Å². The second kappa shape index (κ2) is 7.48. The van der Waals surface area contributed by atoms with Gasteiger partial charge in [-0.1, -0.05) is 23.4 Å². The predicted octanol–water partition coefficient (Wildman–Crippen LogP) is 2.13. The van der Waals surface area contributed by atoms with Crippen LogP contribution in [0.25, 0.3) is 11.0 Å². The van der Waals surface area contributed by atoms with Crippen LogP contribution in [0.5, 0.6) is 0 Å². The number of thioether (sulfide) groups is 1. The van der Waals surface area contributed by atoms with E-state index < -0.39 is 11.4 Å². The molecule has 112 valence electrons. The fourth-order valence-electron chi connectivity index (χ4n) is 1.54.